The van der Waals surface area contributed by atoms with Gasteiger partial charge in [-0.2, -0.15) is 0 Å². The highest BCUT2D eigenvalue weighted by Crippen LogP contribution is 2.45. The lowest BCUT2D eigenvalue weighted by molar-refractivity contribution is 0.0269. The van der Waals surface area contributed by atoms with Crippen LogP contribution in [0.15, 0.2) is 47.4 Å². The maximum atomic E-state index is 13.0. The highest BCUT2D eigenvalue weighted by atomic mass is 16.6. The molecule has 0 radical (unpaired) electrons. The van der Waals surface area contributed by atoms with Crippen molar-refractivity contribution in [2.75, 3.05) is 20.1 Å². The van der Waals surface area contributed by atoms with E-state index in [1.807, 2.05) is 51.1 Å². The van der Waals surface area contributed by atoms with Gasteiger partial charge >= 0.3 is 6.09 Å². The number of likely N-dealkylation sites (tertiary alicyclic amines) is 1. The molecule has 1 saturated carbocycles. The summed E-state index contributed by atoms with van der Waals surface area (Å²) in [5, 5.41) is 5.47. The summed E-state index contributed by atoms with van der Waals surface area (Å²) < 4.78 is 6.81. The molecule has 1 aliphatic heterocycles. The third-order valence-electron chi connectivity index (χ3n) is 6.16. The van der Waals surface area contributed by atoms with Gasteiger partial charge in [0.05, 0.1) is 12.1 Å². The van der Waals surface area contributed by atoms with Crippen molar-refractivity contribution in [1.29, 1.82) is 0 Å². The van der Waals surface area contributed by atoms with Crippen LogP contribution in [0.5, 0.6) is 0 Å². The molecule has 0 spiro atoms. The molecule has 3 amide bonds. The van der Waals surface area contributed by atoms with Crippen LogP contribution in [0, 0.1) is 11.8 Å². The van der Waals surface area contributed by atoms with Gasteiger partial charge in [0.2, 0.25) is 0 Å². The van der Waals surface area contributed by atoms with Gasteiger partial charge in [-0.05, 0) is 32.4 Å². The number of aromatic nitrogens is 1. The van der Waals surface area contributed by atoms with E-state index in [4.69, 9.17) is 4.74 Å². The number of amides is 3. The van der Waals surface area contributed by atoms with Crippen LogP contribution in [0.4, 0.5) is 4.79 Å². The normalized spacial score (nSPS) is 20.9. The first-order valence-corrected chi connectivity index (χ1v) is 11.4. The first-order chi connectivity index (χ1) is 16.1. The number of nitrogens with one attached hydrogen (secondary N) is 2. The SMILES string of the molecule is CNC(=O)c1cc(C(=O)NC2[C@H]3CN(C(=O)OC(C)(C)C)C[C@@H]23)cn(Cc2ccccc2)c1=O. The monoisotopic (exact) mass is 466 g/mol. The minimum atomic E-state index is -0.553. The number of carbonyl (C=O) groups is 3. The molecule has 1 saturated heterocycles. The summed E-state index contributed by atoms with van der Waals surface area (Å²) in [6.45, 7) is 6.78. The van der Waals surface area contributed by atoms with Gasteiger partial charge in [0, 0.05) is 44.2 Å². The Morgan fingerprint density at radius 3 is 2.29 bits per heavy atom. The van der Waals surface area contributed by atoms with Gasteiger partial charge in [0.1, 0.15) is 11.2 Å². The molecule has 0 bridgehead atoms. The molecule has 4 rings (SSSR count). The predicted octanol–water partition coefficient (Wildman–Crippen LogP) is 1.85. The Balaban J connectivity index is 1.47. The molecule has 1 aliphatic carbocycles. The third-order valence-corrected chi connectivity index (χ3v) is 6.16. The molecule has 1 unspecified atom stereocenters. The van der Waals surface area contributed by atoms with E-state index in [0.29, 0.717) is 13.1 Å². The lowest BCUT2D eigenvalue weighted by Crippen LogP contribution is -2.40. The molecule has 1 aromatic heterocycles. The summed E-state index contributed by atoms with van der Waals surface area (Å²) in [6.07, 6.45) is 1.15. The molecule has 3 atom stereocenters. The quantitative estimate of drug-likeness (QED) is 0.699. The first-order valence-electron chi connectivity index (χ1n) is 11.4. The minimum Gasteiger partial charge on any atom is -0.444 e. The lowest BCUT2D eigenvalue weighted by Gasteiger charge is -2.26. The molecule has 2 fully saturated rings. The molecule has 2 heterocycles. The number of fused-ring (bicyclic) bond motifs is 1. The topological polar surface area (TPSA) is 110 Å². The molecule has 9 nitrogen and oxygen atoms in total. The van der Waals surface area contributed by atoms with Crippen molar-refractivity contribution in [3.8, 4) is 0 Å². The van der Waals surface area contributed by atoms with E-state index in [1.165, 1.54) is 23.9 Å². The summed E-state index contributed by atoms with van der Waals surface area (Å²) in [5.74, 6) is -0.553. The summed E-state index contributed by atoms with van der Waals surface area (Å²) in [5.41, 5.74) is 0.0179. The number of benzene rings is 1. The third kappa shape index (κ3) is 4.98. The molecular weight excluding hydrogens is 436 g/mol. The minimum absolute atomic E-state index is 0.0517. The zero-order chi connectivity index (χ0) is 24.6. The summed E-state index contributed by atoms with van der Waals surface area (Å²) in [4.78, 5) is 52.2. The van der Waals surface area contributed by atoms with Gasteiger partial charge in [-0.3, -0.25) is 14.4 Å². The number of hydrogen-bond acceptors (Lipinski definition) is 5. The largest absolute Gasteiger partial charge is 0.444 e. The highest BCUT2D eigenvalue weighted by Gasteiger charge is 2.58. The van der Waals surface area contributed by atoms with Gasteiger partial charge < -0.3 is 24.8 Å². The summed E-state index contributed by atoms with van der Waals surface area (Å²) in [6, 6.07) is 10.6. The van der Waals surface area contributed by atoms with Gasteiger partial charge in [-0.15, -0.1) is 0 Å². The summed E-state index contributed by atoms with van der Waals surface area (Å²) in [7, 11) is 1.44. The molecular formula is C25H30N4O5. The van der Waals surface area contributed by atoms with Gasteiger partial charge in [-0.25, -0.2) is 4.79 Å². The van der Waals surface area contributed by atoms with E-state index in [-0.39, 0.29) is 47.5 Å². The van der Waals surface area contributed by atoms with Crippen molar-refractivity contribution in [2.45, 2.75) is 39.0 Å². The number of ether oxygens (including phenoxy) is 1. The predicted molar refractivity (Wildman–Crippen MR) is 126 cm³/mol. The fourth-order valence-electron chi connectivity index (χ4n) is 4.41. The van der Waals surface area contributed by atoms with Crippen LogP contribution < -0.4 is 16.2 Å². The molecule has 2 aromatic rings. The molecule has 1 aromatic carbocycles. The molecule has 9 heteroatoms. The molecule has 2 aliphatic rings. The van der Waals surface area contributed by atoms with Crippen molar-refractivity contribution in [1.82, 2.24) is 20.1 Å². The number of carbonyl (C=O) groups excluding carboxylic acids is 3. The van der Waals surface area contributed by atoms with Crippen LogP contribution in [0.2, 0.25) is 0 Å². The number of rotatable bonds is 5. The van der Waals surface area contributed by atoms with E-state index in [2.05, 4.69) is 10.6 Å². The number of piperidine rings is 1. The maximum Gasteiger partial charge on any atom is 0.410 e. The van der Waals surface area contributed by atoms with E-state index < -0.39 is 17.1 Å². The average Bonchev–Trinajstić information content (AvgIpc) is 3.21. The van der Waals surface area contributed by atoms with Crippen molar-refractivity contribution in [2.24, 2.45) is 11.8 Å². The lowest BCUT2D eigenvalue weighted by atomic mass is 10.1. The zero-order valence-corrected chi connectivity index (χ0v) is 19.8. The Bertz CT molecular complexity index is 1160. The standard InChI is InChI=1S/C25H30N4O5/c1-25(2,3)34-24(33)29-13-18-19(14-29)20(18)27-21(30)16-10-17(22(31)26-4)23(32)28(12-16)11-15-8-6-5-7-9-15/h5-10,12,18-20H,11,13-14H2,1-4H3,(H,26,31)(H,27,30)/t18-,19+,20?. The second-order valence-corrected chi connectivity index (χ2v) is 9.85. The van der Waals surface area contributed by atoms with Crippen molar-refractivity contribution in [3.63, 3.8) is 0 Å². The first kappa shape index (κ1) is 23.5. The number of nitrogens with zero attached hydrogens (tertiary/aromatic N) is 2. The smallest absolute Gasteiger partial charge is 0.410 e. The van der Waals surface area contributed by atoms with Crippen molar-refractivity contribution >= 4 is 17.9 Å². The molecule has 2 N–H and O–H groups in total. The zero-order valence-electron chi connectivity index (χ0n) is 19.8. The second kappa shape index (κ2) is 8.96. The fourth-order valence-corrected chi connectivity index (χ4v) is 4.41. The number of pyridine rings is 1. The highest BCUT2D eigenvalue weighted by molar-refractivity contribution is 5.99. The summed E-state index contributed by atoms with van der Waals surface area (Å²) >= 11 is 0. The van der Waals surface area contributed by atoms with Crippen LogP contribution in [0.3, 0.4) is 0 Å². The van der Waals surface area contributed by atoms with Crippen LogP contribution in [0.25, 0.3) is 0 Å². The van der Waals surface area contributed by atoms with E-state index >= 15 is 0 Å². The van der Waals surface area contributed by atoms with Crippen LogP contribution in [-0.4, -0.2) is 59.2 Å². The van der Waals surface area contributed by atoms with Gasteiger partial charge in [0.25, 0.3) is 17.4 Å². The Morgan fingerprint density at radius 1 is 1.06 bits per heavy atom. The van der Waals surface area contributed by atoms with E-state index in [9.17, 15) is 19.2 Å². The Labute approximate surface area is 198 Å². The fraction of sp³-hybridized carbons (Fsp3) is 0.440. The average molecular weight is 467 g/mol. The Morgan fingerprint density at radius 2 is 1.71 bits per heavy atom. The molecule has 34 heavy (non-hydrogen) atoms. The van der Waals surface area contributed by atoms with E-state index in [0.717, 1.165) is 5.56 Å². The van der Waals surface area contributed by atoms with E-state index in [1.54, 1.807) is 4.90 Å². The van der Waals surface area contributed by atoms with Crippen molar-refractivity contribution < 1.29 is 19.1 Å². The van der Waals surface area contributed by atoms with Gasteiger partial charge in [-0.1, -0.05) is 30.3 Å². The van der Waals surface area contributed by atoms with Gasteiger partial charge in [0.15, 0.2) is 0 Å². The van der Waals surface area contributed by atoms with Crippen LogP contribution >= 0.6 is 0 Å². The Hall–Kier alpha value is -3.62. The Kier molecular flexibility index (Phi) is 6.20. The van der Waals surface area contributed by atoms with Crippen LogP contribution in [0.1, 0.15) is 47.1 Å². The van der Waals surface area contributed by atoms with Crippen LogP contribution in [-0.2, 0) is 11.3 Å². The molecule has 180 valence electrons. The number of hydrogen-bond donors (Lipinski definition) is 2. The second-order valence-electron chi connectivity index (χ2n) is 9.85. The van der Waals surface area contributed by atoms with Crippen molar-refractivity contribution in [3.05, 3.63) is 69.6 Å². The maximum absolute atomic E-state index is 13.0.